The summed E-state index contributed by atoms with van der Waals surface area (Å²) >= 11 is 0. The Morgan fingerprint density at radius 1 is 1.18 bits per heavy atom. The number of hydrogen-bond donors (Lipinski definition) is 1. The molecular weight excluding hydrogens is 214 g/mol. The molecule has 2 aromatic rings. The van der Waals surface area contributed by atoms with Crippen LogP contribution in [0.4, 0.5) is 0 Å². The van der Waals surface area contributed by atoms with E-state index in [-0.39, 0.29) is 5.54 Å². The van der Waals surface area contributed by atoms with Crippen molar-refractivity contribution in [2.75, 3.05) is 0 Å². The molecular formula is C13H17N3O. The van der Waals surface area contributed by atoms with Crippen LogP contribution in [0.25, 0.3) is 11.0 Å². The second kappa shape index (κ2) is 4.39. The van der Waals surface area contributed by atoms with Gasteiger partial charge < -0.3 is 5.21 Å². The predicted octanol–water partition coefficient (Wildman–Crippen LogP) is 2.62. The van der Waals surface area contributed by atoms with Crippen molar-refractivity contribution in [1.82, 2.24) is 15.0 Å². The van der Waals surface area contributed by atoms with Crippen molar-refractivity contribution in [3.63, 3.8) is 0 Å². The number of fused-ring (bicyclic) bond motifs is 1. The Morgan fingerprint density at radius 2 is 1.88 bits per heavy atom. The molecule has 0 spiro atoms. The highest BCUT2D eigenvalue weighted by Crippen LogP contribution is 2.19. The molecule has 1 aromatic heterocycles. The lowest BCUT2D eigenvalue weighted by atomic mass is 10.1. The molecule has 0 aliphatic carbocycles. The molecule has 2 rings (SSSR count). The fraction of sp³-hybridized carbons (Fsp3) is 0.385. The molecule has 0 atom stereocenters. The van der Waals surface area contributed by atoms with Gasteiger partial charge in [-0.3, -0.25) is 9.97 Å². The maximum atomic E-state index is 9.98. The maximum Gasteiger partial charge on any atom is 0.0932 e. The average molecular weight is 231 g/mol. The SMILES string of the molecule is CC(C)(C)N(O)Cc1cccc2nccnc12. The van der Waals surface area contributed by atoms with Crippen molar-refractivity contribution in [3.8, 4) is 0 Å². The molecule has 0 saturated carbocycles. The molecule has 0 aliphatic rings. The minimum Gasteiger partial charge on any atom is -0.313 e. The summed E-state index contributed by atoms with van der Waals surface area (Å²) in [6.07, 6.45) is 3.34. The Kier molecular flexibility index (Phi) is 3.09. The van der Waals surface area contributed by atoms with Gasteiger partial charge in [-0.25, -0.2) is 0 Å². The molecule has 0 amide bonds. The summed E-state index contributed by atoms with van der Waals surface area (Å²) in [6, 6.07) is 5.82. The van der Waals surface area contributed by atoms with Crippen LogP contribution in [0, 0.1) is 0 Å². The summed E-state index contributed by atoms with van der Waals surface area (Å²) in [5, 5.41) is 11.3. The molecule has 0 radical (unpaired) electrons. The summed E-state index contributed by atoms with van der Waals surface area (Å²) < 4.78 is 0. The fourth-order valence-electron chi connectivity index (χ4n) is 1.58. The van der Waals surface area contributed by atoms with Gasteiger partial charge in [-0.1, -0.05) is 12.1 Å². The molecule has 0 aliphatic heterocycles. The van der Waals surface area contributed by atoms with Crippen LogP contribution in [0.5, 0.6) is 0 Å². The van der Waals surface area contributed by atoms with E-state index in [4.69, 9.17) is 0 Å². The molecule has 1 N–H and O–H groups in total. The van der Waals surface area contributed by atoms with Crippen molar-refractivity contribution < 1.29 is 5.21 Å². The highest BCUT2D eigenvalue weighted by Gasteiger charge is 2.20. The third-order valence-electron chi connectivity index (χ3n) is 2.68. The molecule has 1 heterocycles. The van der Waals surface area contributed by atoms with Crippen molar-refractivity contribution >= 4 is 11.0 Å². The highest BCUT2D eigenvalue weighted by atomic mass is 16.5. The van der Waals surface area contributed by atoms with Crippen LogP contribution in [0.1, 0.15) is 26.3 Å². The lowest BCUT2D eigenvalue weighted by Gasteiger charge is -2.29. The van der Waals surface area contributed by atoms with E-state index >= 15 is 0 Å². The van der Waals surface area contributed by atoms with Gasteiger partial charge in [0, 0.05) is 17.9 Å². The Morgan fingerprint density at radius 3 is 2.59 bits per heavy atom. The first-order chi connectivity index (χ1) is 7.98. The van der Waals surface area contributed by atoms with E-state index < -0.39 is 0 Å². The molecule has 1 aromatic carbocycles. The quantitative estimate of drug-likeness (QED) is 0.807. The summed E-state index contributed by atoms with van der Waals surface area (Å²) in [7, 11) is 0. The van der Waals surface area contributed by atoms with Gasteiger partial charge >= 0.3 is 0 Å². The first kappa shape index (κ1) is 12.0. The van der Waals surface area contributed by atoms with Gasteiger partial charge in [-0.2, -0.15) is 5.06 Å². The van der Waals surface area contributed by atoms with Gasteiger partial charge in [-0.05, 0) is 32.4 Å². The molecule has 0 saturated heterocycles. The van der Waals surface area contributed by atoms with Crippen LogP contribution in [0.15, 0.2) is 30.6 Å². The van der Waals surface area contributed by atoms with E-state index in [0.29, 0.717) is 6.54 Å². The van der Waals surface area contributed by atoms with Crippen molar-refractivity contribution in [3.05, 3.63) is 36.2 Å². The number of para-hydroxylation sites is 1. The zero-order valence-corrected chi connectivity index (χ0v) is 10.4. The smallest absolute Gasteiger partial charge is 0.0932 e. The van der Waals surface area contributed by atoms with Crippen LogP contribution in [-0.4, -0.2) is 25.8 Å². The van der Waals surface area contributed by atoms with E-state index in [1.807, 2.05) is 39.0 Å². The maximum absolute atomic E-state index is 9.98. The van der Waals surface area contributed by atoms with E-state index in [9.17, 15) is 5.21 Å². The number of benzene rings is 1. The number of rotatable bonds is 2. The molecule has 17 heavy (non-hydrogen) atoms. The summed E-state index contributed by atoms with van der Waals surface area (Å²) in [6.45, 7) is 6.33. The lowest BCUT2D eigenvalue weighted by molar-refractivity contribution is -0.163. The van der Waals surface area contributed by atoms with Crippen LogP contribution < -0.4 is 0 Å². The number of nitrogens with zero attached hydrogens (tertiary/aromatic N) is 3. The topological polar surface area (TPSA) is 49.2 Å². The van der Waals surface area contributed by atoms with E-state index in [2.05, 4.69) is 9.97 Å². The predicted molar refractivity (Wildman–Crippen MR) is 66.6 cm³/mol. The zero-order valence-electron chi connectivity index (χ0n) is 10.4. The molecule has 90 valence electrons. The molecule has 0 fully saturated rings. The molecule has 4 nitrogen and oxygen atoms in total. The van der Waals surface area contributed by atoms with Crippen molar-refractivity contribution in [2.45, 2.75) is 32.9 Å². The summed E-state index contributed by atoms with van der Waals surface area (Å²) in [5.41, 5.74) is 2.39. The first-order valence-corrected chi connectivity index (χ1v) is 5.63. The monoisotopic (exact) mass is 231 g/mol. The van der Waals surface area contributed by atoms with Gasteiger partial charge in [-0.15, -0.1) is 0 Å². The van der Waals surface area contributed by atoms with E-state index in [1.54, 1.807) is 12.4 Å². The number of hydroxylamine groups is 2. The second-order valence-electron chi connectivity index (χ2n) is 5.07. The van der Waals surface area contributed by atoms with Gasteiger partial charge in [0.25, 0.3) is 0 Å². The lowest BCUT2D eigenvalue weighted by Crippen LogP contribution is -2.38. The van der Waals surface area contributed by atoms with Crippen LogP contribution in [0.3, 0.4) is 0 Å². The Hall–Kier alpha value is -1.52. The summed E-state index contributed by atoms with van der Waals surface area (Å²) in [5.74, 6) is 0. The molecule has 4 heteroatoms. The van der Waals surface area contributed by atoms with Gasteiger partial charge in [0.15, 0.2) is 0 Å². The Bertz CT molecular complexity index is 514. The fourth-order valence-corrected chi connectivity index (χ4v) is 1.58. The third kappa shape index (κ3) is 2.60. The minimum atomic E-state index is -0.287. The third-order valence-corrected chi connectivity index (χ3v) is 2.68. The van der Waals surface area contributed by atoms with Crippen LogP contribution in [-0.2, 0) is 6.54 Å². The highest BCUT2D eigenvalue weighted by molar-refractivity contribution is 5.77. The van der Waals surface area contributed by atoms with Crippen molar-refractivity contribution in [2.24, 2.45) is 0 Å². The summed E-state index contributed by atoms with van der Waals surface area (Å²) in [4.78, 5) is 8.56. The minimum absolute atomic E-state index is 0.287. The van der Waals surface area contributed by atoms with Crippen LogP contribution >= 0.6 is 0 Å². The van der Waals surface area contributed by atoms with Crippen LogP contribution in [0.2, 0.25) is 0 Å². The number of hydrogen-bond acceptors (Lipinski definition) is 4. The number of aromatic nitrogens is 2. The molecule has 0 unspecified atom stereocenters. The van der Waals surface area contributed by atoms with Crippen molar-refractivity contribution in [1.29, 1.82) is 0 Å². The zero-order chi connectivity index (χ0) is 12.5. The van der Waals surface area contributed by atoms with E-state index in [0.717, 1.165) is 16.6 Å². The second-order valence-corrected chi connectivity index (χ2v) is 5.07. The normalized spacial score (nSPS) is 12.3. The Balaban J connectivity index is 2.36. The first-order valence-electron chi connectivity index (χ1n) is 5.63. The van der Waals surface area contributed by atoms with Gasteiger partial charge in [0.1, 0.15) is 0 Å². The molecule has 0 bridgehead atoms. The average Bonchev–Trinajstić information content (AvgIpc) is 2.28. The van der Waals surface area contributed by atoms with E-state index in [1.165, 1.54) is 5.06 Å². The van der Waals surface area contributed by atoms with Gasteiger partial charge in [0.2, 0.25) is 0 Å². The Labute approximate surface area is 101 Å². The standard InChI is InChI=1S/C13H17N3O/c1-13(2,3)16(17)9-10-5-4-6-11-12(10)15-8-7-14-11/h4-8,17H,9H2,1-3H3. The van der Waals surface area contributed by atoms with Gasteiger partial charge in [0.05, 0.1) is 17.6 Å². The largest absolute Gasteiger partial charge is 0.313 e.